The SMILES string of the molecule is CC(C)c1[nH]c2cnccc2c1C(C)(C)C. The molecule has 2 heterocycles. The number of H-pyrrole nitrogens is 1. The molecule has 1 N–H and O–H groups in total. The Balaban J connectivity index is 2.80. The van der Waals surface area contributed by atoms with Crippen LogP contribution in [0.5, 0.6) is 0 Å². The van der Waals surface area contributed by atoms with Crippen LogP contribution < -0.4 is 0 Å². The zero-order valence-corrected chi connectivity index (χ0v) is 10.8. The first-order valence-electron chi connectivity index (χ1n) is 5.87. The van der Waals surface area contributed by atoms with Crippen molar-refractivity contribution < 1.29 is 0 Å². The van der Waals surface area contributed by atoms with Crippen LogP contribution in [0.2, 0.25) is 0 Å². The maximum Gasteiger partial charge on any atom is 0.0645 e. The third-order valence-corrected chi connectivity index (χ3v) is 2.96. The van der Waals surface area contributed by atoms with Gasteiger partial charge in [-0.1, -0.05) is 34.6 Å². The maximum atomic E-state index is 4.18. The normalized spacial score (nSPS) is 12.6. The summed E-state index contributed by atoms with van der Waals surface area (Å²) in [5, 5.41) is 1.31. The second-order valence-electron chi connectivity index (χ2n) is 5.74. The molecule has 16 heavy (non-hydrogen) atoms. The van der Waals surface area contributed by atoms with E-state index >= 15 is 0 Å². The van der Waals surface area contributed by atoms with Gasteiger partial charge in [0, 0.05) is 17.3 Å². The predicted octanol–water partition coefficient (Wildman–Crippen LogP) is 3.98. The molecule has 0 aromatic carbocycles. The van der Waals surface area contributed by atoms with E-state index in [4.69, 9.17) is 0 Å². The summed E-state index contributed by atoms with van der Waals surface area (Å²) in [5.74, 6) is 0.515. The number of aromatic amines is 1. The average Bonchev–Trinajstić information content (AvgIpc) is 2.55. The minimum atomic E-state index is 0.166. The number of aromatic nitrogens is 2. The Labute approximate surface area is 97.1 Å². The fraction of sp³-hybridized carbons (Fsp3) is 0.500. The van der Waals surface area contributed by atoms with Gasteiger partial charge in [0.15, 0.2) is 0 Å². The summed E-state index contributed by atoms with van der Waals surface area (Å²) >= 11 is 0. The summed E-state index contributed by atoms with van der Waals surface area (Å²) in [5.41, 5.74) is 4.09. The zero-order chi connectivity index (χ0) is 11.9. The first-order chi connectivity index (χ1) is 7.41. The minimum absolute atomic E-state index is 0.166. The van der Waals surface area contributed by atoms with E-state index in [0.29, 0.717) is 5.92 Å². The molecule has 0 saturated heterocycles. The third kappa shape index (κ3) is 1.73. The monoisotopic (exact) mass is 216 g/mol. The van der Waals surface area contributed by atoms with Crippen LogP contribution in [0.25, 0.3) is 10.9 Å². The summed E-state index contributed by atoms with van der Waals surface area (Å²) in [6, 6.07) is 2.11. The number of fused-ring (bicyclic) bond motifs is 1. The molecule has 0 aliphatic rings. The largest absolute Gasteiger partial charge is 0.357 e. The van der Waals surface area contributed by atoms with Crippen molar-refractivity contribution >= 4 is 10.9 Å². The minimum Gasteiger partial charge on any atom is -0.357 e. The first kappa shape index (κ1) is 11.2. The highest BCUT2D eigenvalue weighted by molar-refractivity contribution is 5.85. The quantitative estimate of drug-likeness (QED) is 0.767. The average molecular weight is 216 g/mol. The Morgan fingerprint density at radius 3 is 2.50 bits per heavy atom. The third-order valence-electron chi connectivity index (χ3n) is 2.96. The maximum absolute atomic E-state index is 4.18. The Bertz CT molecular complexity index is 501. The summed E-state index contributed by atoms with van der Waals surface area (Å²) in [6.07, 6.45) is 3.78. The summed E-state index contributed by atoms with van der Waals surface area (Å²) < 4.78 is 0. The molecule has 2 aromatic rings. The molecule has 0 fully saturated rings. The Kier molecular flexibility index (Phi) is 2.53. The van der Waals surface area contributed by atoms with E-state index in [1.165, 1.54) is 16.6 Å². The van der Waals surface area contributed by atoms with Crippen LogP contribution in [0.4, 0.5) is 0 Å². The standard InChI is InChI=1S/C14H20N2/c1-9(2)13-12(14(3,4)5)10-6-7-15-8-11(10)16-13/h6-9,16H,1-5H3. The van der Waals surface area contributed by atoms with Crippen molar-refractivity contribution in [3.8, 4) is 0 Å². The van der Waals surface area contributed by atoms with Crippen molar-refractivity contribution in [2.24, 2.45) is 0 Å². The predicted molar refractivity (Wildman–Crippen MR) is 68.9 cm³/mol. The van der Waals surface area contributed by atoms with E-state index in [2.05, 4.69) is 50.7 Å². The summed E-state index contributed by atoms with van der Waals surface area (Å²) in [7, 11) is 0. The zero-order valence-electron chi connectivity index (χ0n) is 10.8. The highest BCUT2D eigenvalue weighted by atomic mass is 14.8. The Hall–Kier alpha value is -1.31. The van der Waals surface area contributed by atoms with E-state index in [-0.39, 0.29) is 5.41 Å². The number of nitrogens with one attached hydrogen (secondary N) is 1. The number of hydrogen-bond acceptors (Lipinski definition) is 1. The number of pyridine rings is 1. The molecule has 0 amide bonds. The van der Waals surface area contributed by atoms with Crippen molar-refractivity contribution in [3.05, 3.63) is 29.7 Å². The first-order valence-corrected chi connectivity index (χ1v) is 5.87. The topological polar surface area (TPSA) is 28.7 Å². The molecule has 0 atom stereocenters. The van der Waals surface area contributed by atoms with Crippen molar-refractivity contribution in [1.82, 2.24) is 9.97 Å². The van der Waals surface area contributed by atoms with Gasteiger partial charge in [0.25, 0.3) is 0 Å². The Morgan fingerprint density at radius 1 is 1.25 bits per heavy atom. The number of rotatable bonds is 1. The second-order valence-corrected chi connectivity index (χ2v) is 5.74. The van der Waals surface area contributed by atoms with Crippen LogP contribution in [-0.2, 0) is 5.41 Å². The van der Waals surface area contributed by atoms with Crippen LogP contribution in [0.3, 0.4) is 0 Å². The summed E-state index contributed by atoms with van der Waals surface area (Å²) in [6.45, 7) is 11.3. The van der Waals surface area contributed by atoms with Crippen LogP contribution in [0, 0.1) is 0 Å². The molecule has 86 valence electrons. The molecule has 0 saturated carbocycles. The molecule has 0 aliphatic heterocycles. The van der Waals surface area contributed by atoms with Crippen molar-refractivity contribution in [2.75, 3.05) is 0 Å². The molecular formula is C14H20N2. The molecule has 2 heteroatoms. The van der Waals surface area contributed by atoms with Crippen LogP contribution >= 0.6 is 0 Å². The van der Waals surface area contributed by atoms with Gasteiger partial charge in [-0.3, -0.25) is 4.98 Å². The number of hydrogen-bond donors (Lipinski definition) is 1. The molecule has 0 unspecified atom stereocenters. The van der Waals surface area contributed by atoms with Crippen molar-refractivity contribution in [3.63, 3.8) is 0 Å². The molecule has 0 spiro atoms. The van der Waals surface area contributed by atoms with Crippen LogP contribution in [-0.4, -0.2) is 9.97 Å². The second kappa shape index (κ2) is 3.62. The molecular weight excluding hydrogens is 196 g/mol. The molecule has 2 aromatic heterocycles. The summed E-state index contributed by atoms with van der Waals surface area (Å²) in [4.78, 5) is 7.69. The van der Waals surface area contributed by atoms with Gasteiger partial charge >= 0.3 is 0 Å². The molecule has 0 aliphatic carbocycles. The van der Waals surface area contributed by atoms with Gasteiger partial charge in [0.05, 0.1) is 11.7 Å². The van der Waals surface area contributed by atoms with Gasteiger partial charge in [0.1, 0.15) is 0 Å². The highest BCUT2D eigenvalue weighted by Crippen LogP contribution is 2.36. The van der Waals surface area contributed by atoms with Crippen molar-refractivity contribution in [1.29, 1.82) is 0 Å². The van der Waals surface area contributed by atoms with Crippen LogP contribution in [0.15, 0.2) is 18.5 Å². The van der Waals surface area contributed by atoms with E-state index < -0.39 is 0 Å². The van der Waals surface area contributed by atoms with Gasteiger partial charge in [0.2, 0.25) is 0 Å². The van der Waals surface area contributed by atoms with Gasteiger partial charge in [-0.05, 0) is 23.0 Å². The van der Waals surface area contributed by atoms with E-state index in [1.54, 1.807) is 0 Å². The van der Waals surface area contributed by atoms with E-state index in [0.717, 1.165) is 5.52 Å². The highest BCUT2D eigenvalue weighted by Gasteiger charge is 2.24. The lowest BCUT2D eigenvalue weighted by Gasteiger charge is -2.21. The molecule has 2 nitrogen and oxygen atoms in total. The van der Waals surface area contributed by atoms with Gasteiger partial charge < -0.3 is 4.98 Å². The number of nitrogens with zero attached hydrogens (tertiary/aromatic N) is 1. The molecule has 0 bridgehead atoms. The van der Waals surface area contributed by atoms with E-state index in [1.807, 2.05) is 12.4 Å². The van der Waals surface area contributed by atoms with Gasteiger partial charge in [-0.15, -0.1) is 0 Å². The smallest absolute Gasteiger partial charge is 0.0645 e. The van der Waals surface area contributed by atoms with Crippen molar-refractivity contribution in [2.45, 2.75) is 46.0 Å². The lowest BCUT2D eigenvalue weighted by atomic mass is 9.83. The van der Waals surface area contributed by atoms with Gasteiger partial charge in [-0.2, -0.15) is 0 Å². The van der Waals surface area contributed by atoms with E-state index in [9.17, 15) is 0 Å². The fourth-order valence-electron chi connectivity index (χ4n) is 2.31. The lowest BCUT2D eigenvalue weighted by Crippen LogP contribution is -2.13. The fourth-order valence-corrected chi connectivity index (χ4v) is 2.31. The lowest BCUT2D eigenvalue weighted by molar-refractivity contribution is 0.581. The van der Waals surface area contributed by atoms with Crippen LogP contribution in [0.1, 0.15) is 51.8 Å². The molecule has 0 radical (unpaired) electrons. The Morgan fingerprint density at radius 2 is 1.94 bits per heavy atom. The molecule has 2 rings (SSSR count). The van der Waals surface area contributed by atoms with Gasteiger partial charge in [-0.25, -0.2) is 0 Å².